The summed E-state index contributed by atoms with van der Waals surface area (Å²) in [6.07, 6.45) is 5.40. The number of nitriles is 1. The molecule has 1 spiro atoms. The highest BCUT2D eigenvalue weighted by atomic mass is 15.4. The largest absolute Gasteiger partial charge is 0.349 e. The number of rotatable bonds is 3. The van der Waals surface area contributed by atoms with Crippen molar-refractivity contribution >= 4 is 11.7 Å². The molecule has 1 aliphatic heterocycles. The van der Waals surface area contributed by atoms with Crippen molar-refractivity contribution in [2.75, 3.05) is 7.05 Å². The van der Waals surface area contributed by atoms with Crippen molar-refractivity contribution in [2.24, 2.45) is 4.99 Å². The van der Waals surface area contributed by atoms with Gasteiger partial charge in [0.1, 0.15) is 5.84 Å². The summed E-state index contributed by atoms with van der Waals surface area (Å²) < 4.78 is 2.04. The van der Waals surface area contributed by atoms with E-state index in [1.165, 1.54) is 5.56 Å². The molecule has 1 saturated carbocycles. The molecule has 2 heterocycles. The van der Waals surface area contributed by atoms with Crippen molar-refractivity contribution in [1.82, 2.24) is 14.7 Å². The molecule has 1 aromatic heterocycles. The summed E-state index contributed by atoms with van der Waals surface area (Å²) in [4.78, 5) is 7.47. The summed E-state index contributed by atoms with van der Waals surface area (Å²) in [7, 11) is 2.16. The average Bonchev–Trinajstić information content (AvgIpc) is 3.28. The number of aromatic nitrogens is 2. The summed E-state index contributed by atoms with van der Waals surface area (Å²) in [5, 5.41) is 15.0. The predicted molar refractivity (Wildman–Crippen MR) is 127 cm³/mol. The van der Waals surface area contributed by atoms with Gasteiger partial charge in [0.05, 0.1) is 23.2 Å². The minimum absolute atomic E-state index is 0.218. The van der Waals surface area contributed by atoms with Crippen LogP contribution in [0.2, 0.25) is 0 Å². The lowest BCUT2D eigenvalue weighted by atomic mass is 9.62. The number of nitrogens with zero attached hydrogens (tertiary/aromatic N) is 5. The number of hydrogen-bond acceptors (Lipinski definition) is 4. The molecule has 5 heteroatoms. The Bertz CT molecular complexity index is 1180. The lowest BCUT2D eigenvalue weighted by molar-refractivity contribution is 0.111. The van der Waals surface area contributed by atoms with Gasteiger partial charge in [-0.05, 0) is 45.1 Å². The second-order valence-corrected chi connectivity index (χ2v) is 9.37. The molecular weight excluding hydrogens is 394 g/mol. The molecule has 32 heavy (non-hydrogen) atoms. The number of amidine groups is 1. The second kappa shape index (κ2) is 7.63. The van der Waals surface area contributed by atoms with E-state index in [0.717, 1.165) is 48.5 Å². The Labute approximate surface area is 190 Å². The molecule has 2 aromatic carbocycles. The highest BCUT2D eigenvalue weighted by Crippen LogP contribution is 2.53. The highest BCUT2D eigenvalue weighted by molar-refractivity contribution is 6.01. The smallest absolute Gasteiger partial charge is 0.158 e. The van der Waals surface area contributed by atoms with E-state index in [4.69, 9.17) is 10.1 Å². The Morgan fingerprint density at radius 1 is 0.938 bits per heavy atom. The summed E-state index contributed by atoms with van der Waals surface area (Å²) in [5.41, 5.74) is 2.77. The Morgan fingerprint density at radius 2 is 1.56 bits per heavy atom. The van der Waals surface area contributed by atoms with Gasteiger partial charge in [-0.25, -0.2) is 9.67 Å². The van der Waals surface area contributed by atoms with Gasteiger partial charge in [0.25, 0.3) is 0 Å². The molecule has 3 aromatic rings. The van der Waals surface area contributed by atoms with E-state index in [9.17, 15) is 5.26 Å². The van der Waals surface area contributed by atoms with Crippen LogP contribution in [-0.2, 0) is 11.0 Å². The monoisotopic (exact) mass is 423 g/mol. The van der Waals surface area contributed by atoms with Gasteiger partial charge >= 0.3 is 0 Å². The van der Waals surface area contributed by atoms with Crippen molar-refractivity contribution < 1.29 is 0 Å². The third-order valence-electron chi connectivity index (χ3n) is 7.43. The molecule has 0 radical (unpaired) electrons. The molecule has 0 saturated heterocycles. The van der Waals surface area contributed by atoms with Crippen LogP contribution in [-0.4, -0.2) is 27.6 Å². The third kappa shape index (κ3) is 2.97. The van der Waals surface area contributed by atoms with Gasteiger partial charge in [-0.3, -0.25) is 0 Å². The third-order valence-corrected chi connectivity index (χ3v) is 7.43. The summed E-state index contributed by atoms with van der Waals surface area (Å²) in [6, 6.07) is 23.6. The minimum atomic E-state index is -0.441. The lowest BCUT2D eigenvalue weighted by Crippen LogP contribution is -2.53. The van der Waals surface area contributed by atoms with Gasteiger partial charge in [-0.15, -0.1) is 0 Å². The zero-order chi connectivity index (χ0) is 22.3. The van der Waals surface area contributed by atoms with Crippen LogP contribution in [0.4, 0.5) is 5.82 Å². The molecule has 1 aliphatic carbocycles. The molecule has 0 bridgehead atoms. The van der Waals surface area contributed by atoms with Crippen LogP contribution in [0, 0.1) is 11.3 Å². The molecule has 162 valence electrons. The molecule has 2 aliphatic rings. The van der Waals surface area contributed by atoms with Crippen LogP contribution in [0.3, 0.4) is 0 Å². The van der Waals surface area contributed by atoms with E-state index in [1.807, 2.05) is 35.1 Å². The topological polar surface area (TPSA) is 57.2 Å². The first-order valence-electron chi connectivity index (χ1n) is 11.4. The van der Waals surface area contributed by atoms with E-state index >= 15 is 0 Å². The van der Waals surface area contributed by atoms with Gasteiger partial charge in [-0.1, -0.05) is 60.7 Å². The van der Waals surface area contributed by atoms with Crippen LogP contribution in [0.25, 0.3) is 0 Å². The van der Waals surface area contributed by atoms with Crippen LogP contribution >= 0.6 is 0 Å². The average molecular weight is 424 g/mol. The zero-order valence-electron chi connectivity index (χ0n) is 19.0. The molecule has 0 atom stereocenters. The Morgan fingerprint density at radius 3 is 2.16 bits per heavy atom. The first-order chi connectivity index (χ1) is 15.5. The maximum Gasteiger partial charge on any atom is 0.158 e. The summed E-state index contributed by atoms with van der Waals surface area (Å²) in [6.45, 7) is 4.29. The Hall–Kier alpha value is -3.39. The number of hydrogen-bond donors (Lipinski definition) is 0. The Balaban J connectivity index is 1.61. The first kappa shape index (κ1) is 20.5. The van der Waals surface area contributed by atoms with Gasteiger partial charge in [0.15, 0.2) is 5.82 Å². The van der Waals surface area contributed by atoms with Crippen LogP contribution in [0.5, 0.6) is 0 Å². The molecule has 0 unspecified atom stereocenters. The zero-order valence-corrected chi connectivity index (χ0v) is 19.0. The molecule has 5 rings (SSSR count). The maximum absolute atomic E-state index is 10.2. The fraction of sp³-hybridized carbons (Fsp3) is 0.370. The van der Waals surface area contributed by atoms with Crippen molar-refractivity contribution in [3.8, 4) is 6.07 Å². The van der Waals surface area contributed by atoms with E-state index in [1.54, 1.807) is 0 Å². The quantitative estimate of drug-likeness (QED) is 0.541. The lowest BCUT2D eigenvalue weighted by Gasteiger charge is -2.51. The molecule has 1 fully saturated rings. The molecular formula is C27H29N5. The number of fused-ring (bicyclic) bond motifs is 2. The highest BCUT2D eigenvalue weighted by Gasteiger charge is 2.51. The molecule has 0 N–H and O–H groups in total. The summed E-state index contributed by atoms with van der Waals surface area (Å²) in [5.74, 6) is 1.94. The van der Waals surface area contributed by atoms with E-state index in [0.29, 0.717) is 0 Å². The second-order valence-electron chi connectivity index (χ2n) is 9.37. The van der Waals surface area contributed by atoms with Crippen molar-refractivity contribution in [1.29, 1.82) is 5.26 Å². The van der Waals surface area contributed by atoms with Crippen LogP contribution in [0.1, 0.15) is 62.3 Å². The number of aliphatic imine (C=N–C) groups is 1. The molecule has 5 nitrogen and oxygen atoms in total. The van der Waals surface area contributed by atoms with E-state index in [2.05, 4.69) is 68.3 Å². The SMILES string of the molecule is CC(C)n1ncc2c1N=C(c1ccccc1)N(C)C21CCC(C#N)(c2ccccc2)CC1. The first-order valence-corrected chi connectivity index (χ1v) is 11.4. The van der Waals surface area contributed by atoms with Gasteiger partial charge in [0, 0.05) is 24.2 Å². The van der Waals surface area contributed by atoms with Crippen molar-refractivity contribution in [3.63, 3.8) is 0 Å². The Kier molecular flexibility index (Phi) is 4.89. The van der Waals surface area contributed by atoms with Crippen LogP contribution in [0.15, 0.2) is 71.9 Å². The maximum atomic E-state index is 10.2. The predicted octanol–water partition coefficient (Wildman–Crippen LogP) is 5.72. The normalized spacial score (nSPS) is 24.8. The van der Waals surface area contributed by atoms with Crippen molar-refractivity contribution in [2.45, 2.75) is 56.5 Å². The standard InChI is InChI=1S/C27H29N5/c1-20(2)32-25-23(18-29-32)27(31(3)24(30-25)21-10-6-4-7-11-21)16-14-26(19-28,15-17-27)22-12-8-5-9-13-22/h4-13,18,20H,14-17H2,1-3H3. The van der Waals surface area contributed by atoms with Gasteiger partial charge in [0.2, 0.25) is 0 Å². The minimum Gasteiger partial charge on any atom is -0.349 e. The van der Waals surface area contributed by atoms with Gasteiger partial charge in [-0.2, -0.15) is 10.4 Å². The van der Waals surface area contributed by atoms with E-state index < -0.39 is 5.41 Å². The fourth-order valence-corrected chi connectivity index (χ4v) is 5.49. The van der Waals surface area contributed by atoms with E-state index in [-0.39, 0.29) is 11.6 Å². The molecule has 0 amide bonds. The van der Waals surface area contributed by atoms with Gasteiger partial charge < -0.3 is 4.90 Å². The fourth-order valence-electron chi connectivity index (χ4n) is 5.49. The van der Waals surface area contributed by atoms with Crippen molar-refractivity contribution in [3.05, 3.63) is 83.6 Å². The van der Waals surface area contributed by atoms with Crippen LogP contribution < -0.4 is 0 Å². The summed E-state index contributed by atoms with van der Waals surface area (Å²) >= 11 is 0. The number of benzene rings is 2.